The first-order chi connectivity index (χ1) is 18.3. The average Bonchev–Trinajstić information content (AvgIpc) is 2.89. The van der Waals surface area contributed by atoms with Crippen LogP contribution in [0.1, 0.15) is 44.6 Å². The first-order valence-corrected chi connectivity index (χ1v) is 12.2. The molecular formula is C28H31ClN4O6. The molecule has 0 saturated carbocycles. The molecule has 0 bridgehead atoms. The summed E-state index contributed by atoms with van der Waals surface area (Å²) in [6.07, 6.45) is 5.13. The van der Waals surface area contributed by atoms with Gasteiger partial charge in [0.1, 0.15) is 17.1 Å². The summed E-state index contributed by atoms with van der Waals surface area (Å²) in [5.74, 6) is -2.19. The molecule has 206 valence electrons. The van der Waals surface area contributed by atoms with Gasteiger partial charge >= 0.3 is 5.97 Å². The van der Waals surface area contributed by atoms with Gasteiger partial charge < -0.3 is 24.8 Å². The number of rotatable bonds is 10. The van der Waals surface area contributed by atoms with Crippen molar-refractivity contribution in [3.63, 3.8) is 0 Å². The number of benzene rings is 1. The molecule has 1 aromatic carbocycles. The molecule has 0 unspecified atom stereocenters. The number of halogens is 1. The van der Waals surface area contributed by atoms with Crippen LogP contribution in [0, 0.1) is 6.92 Å². The van der Waals surface area contributed by atoms with E-state index in [0.29, 0.717) is 40.5 Å². The predicted molar refractivity (Wildman–Crippen MR) is 146 cm³/mol. The van der Waals surface area contributed by atoms with Gasteiger partial charge in [-0.25, -0.2) is 9.97 Å². The molecular weight excluding hydrogens is 524 g/mol. The molecule has 3 rings (SSSR count). The maximum atomic E-state index is 12.3. The molecule has 3 aromatic rings. The van der Waals surface area contributed by atoms with Crippen molar-refractivity contribution in [2.45, 2.75) is 46.2 Å². The van der Waals surface area contributed by atoms with Gasteiger partial charge in [-0.15, -0.1) is 0 Å². The number of pyridine rings is 1. The summed E-state index contributed by atoms with van der Waals surface area (Å²) in [7, 11) is 1.45. The van der Waals surface area contributed by atoms with Gasteiger partial charge in [-0.1, -0.05) is 17.7 Å². The van der Waals surface area contributed by atoms with Crippen LogP contribution in [-0.4, -0.2) is 43.8 Å². The van der Waals surface area contributed by atoms with Gasteiger partial charge in [-0.2, -0.15) is 0 Å². The molecule has 39 heavy (non-hydrogen) atoms. The Kier molecular flexibility index (Phi) is 9.08. The van der Waals surface area contributed by atoms with Gasteiger partial charge in [-0.05, 0) is 70.5 Å². The number of allylic oxidation sites excluding steroid dienone is 3. The molecule has 11 heteroatoms. The van der Waals surface area contributed by atoms with E-state index in [4.69, 9.17) is 21.1 Å². The minimum Gasteiger partial charge on any atom is -0.497 e. The lowest BCUT2D eigenvalue weighted by molar-refractivity contribution is -0.331. The zero-order valence-electron chi connectivity index (χ0n) is 22.5. The first kappa shape index (κ1) is 29.7. The minimum atomic E-state index is -2.74. The van der Waals surface area contributed by atoms with Gasteiger partial charge in [0.2, 0.25) is 6.41 Å². The Morgan fingerprint density at radius 3 is 2.41 bits per heavy atom. The fourth-order valence-electron chi connectivity index (χ4n) is 3.54. The lowest BCUT2D eigenvalue weighted by Crippen LogP contribution is -2.29. The number of carbonyl (C=O) groups is 1. The van der Waals surface area contributed by atoms with Crippen LogP contribution in [0.25, 0.3) is 11.4 Å². The summed E-state index contributed by atoms with van der Waals surface area (Å²) in [5, 5.41) is 31.7. The zero-order valence-corrected chi connectivity index (χ0v) is 23.3. The maximum absolute atomic E-state index is 12.3. The van der Waals surface area contributed by atoms with Crippen molar-refractivity contribution in [2.75, 3.05) is 12.0 Å². The van der Waals surface area contributed by atoms with E-state index in [2.05, 4.69) is 15.0 Å². The van der Waals surface area contributed by atoms with E-state index in [-0.39, 0.29) is 22.2 Å². The number of aryl methyl sites for hydroxylation is 1. The topological polar surface area (TPSA) is 138 Å². The normalized spacial score (nSPS) is 13.0. The van der Waals surface area contributed by atoms with E-state index in [1.807, 2.05) is 0 Å². The average molecular weight is 555 g/mol. The Morgan fingerprint density at radius 1 is 1.08 bits per heavy atom. The largest absolute Gasteiger partial charge is 0.497 e. The van der Waals surface area contributed by atoms with Crippen LogP contribution >= 0.6 is 11.6 Å². The smallest absolute Gasteiger partial charge is 0.351 e. The maximum Gasteiger partial charge on any atom is 0.351 e. The third-order valence-corrected chi connectivity index (χ3v) is 5.85. The van der Waals surface area contributed by atoms with Gasteiger partial charge in [0.15, 0.2) is 5.82 Å². The SMILES string of the molecule is COc1cccc(C(O)(O)OC(/C=C(/C)N(C=O)c2cc(-c3ccnc(C(C)(C)O)n3)ncc2C)=C(C)Cl)c1. The first-order valence-electron chi connectivity index (χ1n) is 11.9. The van der Waals surface area contributed by atoms with Crippen molar-refractivity contribution in [3.8, 4) is 17.1 Å². The van der Waals surface area contributed by atoms with E-state index in [0.717, 1.165) is 0 Å². The fourth-order valence-corrected chi connectivity index (χ4v) is 3.63. The lowest BCUT2D eigenvalue weighted by Gasteiger charge is -2.26. The Labute approximate surface area is 231 Å². The molecule has 10 nitrogen and oxygen atoms in total. The van der Waals surface area contributed by atoms with Crippen molar-refractivity contribution >= 4 is 23.7 Å². The Bertz CT molecular complexity index is 1410. The number of aromatic nitrogens is 3. The van der Waals surface area contributed by atoms with Crippen molar-refractivity contribution in [1.29, 1.82) is 0 Å². The molecule has 0 saturated heterocycles. The highest BCUT2D eigenvalue weighted by Crippen LogP contribution is 2.31. The highest BCUT2D eigenvalue weighted by atomic mass is 35.5. The highest BCUT2D eigenvalue weighted by molar-refractivity contribution is 6.29. The second kappa shape index (κ2) is 11.9. The summed E-state index contributed by atoms with van der Waals surface area (Å²) in [6.45, 7) is 8.09. The number of hydrogen-bond donors (Lipinski definition) is 3. The molecule has 2 heterocycles. The molecule has 0 atom stereocenters. The number of aliphatic hydroxyl groups is 3. The molecule has 2 aromatic heterocycles. The van der Waals surface area contributed by atoms with Gasteiger partial charge in [0, 0.05) is 24.2 Å². The molecule has 0 aliphatic carbocycles. The van der Waals surface area contributed by atoms with E-state index in [9.17, 15) is 20.1 Å². The molecule has 3 N–H and O–H groups in total. The second-order valence-electron chi connectivity index (χ2n) is 9.28. The third-order valence-electron chi connectivity index (χ3n) is 5.66. The molecule has 0 fully saturated rings. The van der Waals surface area contributed by atoms with E-state index in [1.165, 1.54) is 43.3 Å². The summed E-state index contributed by atoms with van der Waals surface area (Å²) < 4.78 is 10.6. The number of amides is 1. The molecule has 1 amide bonds. The number of carbonyl (C=O) groups excluding carboxylic acids is 1. The van der Waals surface area contributed by atoms with Crippen LogP contribution in [0.3, 0.4) is 0 Å². The van der Waals surface area contributed by atoms with Crippen LogP contribution in [0.4, 0.5) is 5.69 Å². The van der Waals surface area contributed by atoms with Gasteiger partial charge in [-0.3, -0.25) is 14.7 Å². The van der Waals surface area contributed by atoms with Crippen LogP contribution in [0.5, 0.6) is 5.75 Å². The molecule has 0 aliphatic rings. The number of nitrogens with zero attached hydrogens (tertiary/aromatic N) is 4. The van der Waals surface area contributed by atoms with Crippen molar-refractivity contribution in [1.82, 2.24) is 15.0 Å². The van der Waals surface area contributed by atoms with Gasteiger partial charge in [0.05, 0.1) is 34.8 Å². The van der Waals surface area contributed by atoms with E-state index < -0.39 is 11.6 Å². The standard InChI is InChI=1S/C28H31ClN4O6/c1-17-15-31-23(22-10-11-30-26(32-22)27(4,5)35)14-24(17)33(16-34)18(2)12-25(19(3)29)39-28(36,37)20-8-7-9-21(13-20)38-6/h7-16,35-37H,1-6H3/b18-12-,25-19?. The Morgan fingerprint density at radius 2 is 1.79 bits per heavy atom. The minimum absolute atomic E-state index is 0.0143. The predicted octanol–water partition coefficient (Wildman–Crippen LogP) is 4.23. The van der Waals surface area contributed by atoms with Crippen LogP contribution in [-0.2, 0) is 21.1 Å². The monoisotopic (exact) mass is 554 g/mol. The number of ether oxygens (including phenoxy) is 2. The fraction of sp³-hybridized carbons (Fsp3) is 0.286. The number of hydrogen-bond acceptors (Lipinski definition) is 9. The van der Waals surface area contributed by atoms with Gasteiger partial charge in [0.25, 0.3) is 0 Å². The third kappa shape index (κ3) is 7.18. The highest BCUT2D eigenvalue weighted by Gasteiger charge is 2.31. The summed E-state index contributed by atoms with van der Waals surface area (Å²) in [6, 6.07) is 9.42. The van der Waals surface area contributed by atoms with Crippen molar-refractivity contribution in [2.24, 2.45) is 0 Å². The molecule has 0 radical (unpaired) electrons. The van der Waals surface area contributed by atoms with E-state index >= 15 is 0 Å². The van der Waals surface area contributed by atoms with E-state index in [1.54, 1.807) is 58.2 Å². The van der Waals surface area contributed by atoms with Crippen molar-refractivity contribution in [3.05, 3.63) is 88.3 Å². The Hall–Kier alpha value is -3.83. The zero-order chi connectivity index (χ0) is 29.0. The second-order valence-corrected chi connectivity index (χ2v) is 9.85. The van der Waals surface area contributed by atoms with Crippen LogP contribution in [0.2, 0.25) is 0 Å². The quantitative estimate of drug-likeness (QED) is 0.145. The summed E-state index contributed by atoms with van der Waals surface area (Å²) in [4.78, 5) is 26.6. The number of methoxy groups -OCH3 is 1. The van der Waals surface area contributed by atoms with Crippen LogP contribution < -0.4 is 9.64 Å². The number of anilines is 1. The summed E-state index contributed by atoms with van der Waals surface area (Å²) in [5.41, 5.74) is 1.21. The molecule has 0 spiro atoms. The molecule has 0 aliphatic heterocycles. The Balaban J connectivity index is 1.98. The lowest BCUT2D eigenvalue weighted by atomic mass is 10.1. The van der Waals surface area contributed by atoms with Crippen LogP contribution in [0.15, 0.2) is 71.4 Å². The summed E-state index contributed by atoms with van der Waals surface area (Å²) >= 11 is 6.23. The van der Waals surface area contributed by atoms with Crippen molar-refractivity contribution < 1.29 is 29.6 Å².